The normalized spacial score (nSPS) is 15.1. The second kappa shape index (κ2) is 11.8. The molecule has 1 aliphatic heterocycles. The predicted molar refractivity (Wildman–Crippen MR) is 87.7 cm³/mol. The fourth-order valence-corrected chi connectivity index (χ4v) is 2.55. The van der Waals surface area contributed by atoms with Gasteiger partial charge in [-0.15, -0.1) is 12.4 Å². The fraction of sp³-hybridized carbons (Fsp3) is 0.867. The third-order valence-corrected chi connectivity index (χ3v) is 3.61. The molecular formula is C15H30ClN3O2. The molecule has 1 saturated heterocycles. The van der Waals surface area contributed by atoms with E-state index in [0.29, 0.717) is 12.8 Å². The van der Waals surface area contributed by atoms with Crippen LogP contribution in [0, 0.1) is 0 Å². The second-order valence-corrected chi connectivity index (χ2v) is 5.47. The van der Waals surface area contributed by atoms with Gasteiger partial charge in [0.15, 0.2) is 0 Å². The summed E-state index contributed by atoms with van der Waals surface area (Å²) in [5, 5.41) is 6.30. The Morgan fingerprint density at radius 2 is 1.67 bits per heavy atom. The highest BCUT2D eigenvalue weighted by molar-refractivity contribution is 5.85. The van der Waals surface area contributed by atoms with Gasteiger partial charge in [-0.1, -0.05) is 13.8 Å². The van der Waals surface area contributed by atoms with E-state index < -0.39 is 0 Å². The van der Waals surface area contributed by atoms with Crippen molar-refractivity contribution in [2.75, 3.05) is 26.2 Å². The van der Waals surface area contributed by atoms with E-state index in [1.807, 2.05) is 4.90 Å². The third kappa shape index (κ3) is 8.27. The Kier molecular flexibility index (Phi) is 11.4. The standard InChI is InChI=1S/C15H29N3O2.ClH/c1-3-11-18(12-4-2)15(20)6-5-14(19)17-13-7-9-16-10-8-13;/h13,16H,3-12H2,1-2H3,(H,17,19);1H. The van der Waals surface area contributed by atoms with Crippen molar-refractivity contribution in [3.8, 4) is 0 Å². The van der Waals surface area contributed by atoms with E-state index in [-0.39, 0.29) is 30.3 Å². The van der Waals surface area contributed by atoms with E-state index in [2.05, 4.69) is 24.5 Å². The van der Waals surface area contributed by atoms with Crippen molar-refractivity contribution in [1.82, 2.24) is 15.5 Å². The van der Waals surface area contributed by atoms with Gasteiger partial charge in [-0.05, 0) is 38.8 Å². The molecule has 0 bridgehead atoms. The van der Waals surface area contributed by atoms with Gasteiger partial charge in [-0.25, -0.2) is 0 Å². The second-order valence-electron chi connectivity index (χ2n) is 5.47. The molecule has 0 aliphatic carbocycles. The minimum Gasteiger partial charge on any atom is -0.353 e. The monoisotopic (exact) mass is 319 g/mol. The molecule has 124 valence electrons. The van der Waals surface area contributed by atoms with E-state index in [9.17, 15) is 9.59 Å². The average molecular weight is 320 g/mol. The summed E-state index contributed by atoms with van der Waals surface area (Å²) < 4.78 is 0. The number of nitrogens with zero attached hydrogens (tertiary/aromatic N) is 1. The Morgan fingerprint density at radius 1 is 1.10 bits per heavy atom. The highest BCUT2D eigenvalue weighted by Crippen LogP contribution is 2.05. The van der Waals surface area contributed by atoms with Crippen molar-refractivity contribution in [1.29, 1.82) is 0 Å². The number of piperidine rings is 1. The first kappa shape index (κ1) is 20.2. The van der Waals surface area contributed by atoms with Crippen LogP contribution in [0.4, 0.5) is 0 Å². The molecule has 0 saturated carbocycles. The lowest BCUT2D eigenvalue weighted by atomic mass is 10.1. The molecule has 0 aromatic carbocycles. The Bertz CT molecular complexity index is 301. The molecule has 0 aromatic heterocycles. The van der Waals surface area contributed by atoms with Gasteiger partial charge in [0.1, 0.15) is 0 Å². The number of rotatable bonds is 8. The highest BCUT2D eigenvalue weighted by atomic mass is 35.5. The summed E-state index contributed by atoms with van der Waals surface area (Å²) in [4.78, 5) is 25.8. The van der Waals surface area contributed by atoms with E-state index in [1.54, 1.807) is 0 Å². The topological polar surface area (TPSA) is 61.4 Å². The summed E-state index contributed by atoms with van der Waals surface area (Å²) in [5.74, 6) is 0.118. The average Bonchev–Trinajstić information content (AvgIpc) is 2.45. The van der Waals surface area contributed by atoms with Gasteiger partial charge < -0.3 is 15.5 Å². The van der Waals surface area contributed by atoms with Gasteiger partial charge in [-0.3, -0.25) is 9.59 Å². The summed E-state index contributed by atoms with van der Waals surface area (Å²) in [7, 11) is 0. The van der Waals surface area contributed by atoms with Gasteiger partial charge in [0.05, 0.1) is 0 Å². The maximum Gasteiger partial charge on any atom is 0.223 e. The highest BCUT2D eigenvalue weighted by Gasteiger charge is 2.17. The van der Waals surface area contributed by atoms with Crippen LogP contribution in [0.1, 0.15) is 52.4 Å². The van der Waals surface area contributed by atoms with Crippen molar-refractivity contribution in [3.63, 3.8) is 0 Å². The molecule has 1 heterocycles. The first-order chi connectivity index (χ1) is 9.67. The zero-order chi connectivity index (χ0) is 14.8. The molecule has 1 fully saturated rings. The quantitative estimate of drug-likeness (QED) is 0.716. The van der Waals surface area contributed by atoms with E-state index in [1.165, 1.54) is 0 Å². The number of amides is 2. The first-order valence-corrected chi connectivity index (χ1v) is 7.95. The number of halogens is 1. The molecular weight excluding hydrogens is 290 g/mol. The molecule has 0 unspecified atom stereocenters. The molecule has 0 radical (unpaired) electrons. The van der Waals surface area contributed by atoms with Gasteiger partial charge >= 0.3 is 0 Å². The Morgan fingerprint density at radius 3 is 2.19 bits per heavy atom. The zero-order valence-electron chi connectivity index (χ0n) is 13.3. The number of hydrogen-bond acceptors (Lipinski definition) is 3. The van der Waals surface area contributed by atoms with Crippen molar-refractivity contribution in [2.45, 2.75) is 58.4 Å². The molecule has 0 aromatic rings. The summed E-state index contributed by atoms with van der Waals surface area (Å²) in [6.45, 7) is 7.65. The van der Waals surface area contributed by atoms with Crippen LogP contribution in [0.15, 0.2) is 0 Å². The van der Waals surface area contributed by atoms with Crippen LogP contribution in [0.2, 0.25) is 0 Å². The SMILES string of the molecule is CCCN(CCC)C(=O)CCC(=O)NC1CCNCC1.Cl. The maximum absolute atomic E-state index is 12.1. The first-order valence-electron chi connectivity index (χ1n) is 7.95. The van der Waals surface area contributed by atoms with Gasteiger partial charge in [0, 0.05) is 32.0 Å². The maximum atomic E-state index is 12.1. The van der Waals surface area contributed by atoms with Crippen molar-refractivity contribution < 1.29 is 9.59 Å². The smallest absolute Gasteiger partial charge is 0.223 e. The molecule has 6 heteroatoms. The lowest BCUT2D eigenvalue weighted by molar-refractivity contribution is -0.133. The molecule has 2 N–H and O–H groups in total. The molecule has 0 atom stereocenters. The Hall–Kier alpha value is -0.810. The largest absolute Gasteiger partial charge is 0.353 e. The lowest BCUT2D eigenvalue weighted by Crippen LogP contribution is -2.43. The predicted octanol–water partition coefficient (Wildman–Crippen LogP) is 1.71. The van der Waals surface area contributed by atoms with Crippen LogP contribution in [0.3, 0.4) is 0 Å². The van der Waals surface area contributed by atoms with Gasteiger partial charge in [0.25, 0.3) is 0 Å². The number of carbonyl (C=O) groups excluding carboxylic acids is 2. The lowest BCUT2D eigenvalue weighted by Gasteiger charge is -2.24. The van der Waals surface area contributed by atoms with Crippen LogP contribution in [-0.2, 0) is 9.59 Å². The zero-order valence-corrected chi connectivity index (χ0v) is 14.1. The van der Waals surface area contributed by atoms with Gasteiger partial charge in [0.2, 0.25) is 11.8 Å². The summed E-state index contributed by atoms with van der Waals surface area (Å²) in [6.07, 6.45) is 4.54. The molecule has 0 spiro atoms. The van der Waals surface area contributed by atoms with Crippen LogP contribution < -0.4 is 10.6 Å². The minimum absolute atomic E-state index is 0. The van der Waals surface area contributed by atoms with Crippen molar-refractivity contribution in [3.05, 3.63) is 0 Å². The number of nitrogens with one attached hydrogen (secondary N) is 2. The molecule has 1 aliphatic rings. The van der Waals surface area contributed by atoms with Crippen LogP contribution in [0.25, 0.3) is 0 Å². The molecule has 2 amide bonds. The van der Waals surface area contributed by atoms with Crippen molar-refractivity contribution in [2.24, 2.45) is 0 Å². The number of carbonyl (C=O) groups is 2. The van der Waals surface area contributed by atoms with Crippen molar-refractivity contribution >= 4 is 24.2 Å². The van der Waals surface area contributed by atoms with E-state index in [4.69, 9.17) is 0 Å². The van der Waals surface area contributed by atoms with Crippen LogP contribution in [-0.4, -0.2) is 48.9 Å². The van der Waals surface area contributed by atoms with Crippen LogP contribution >= 0.6 is 12.4 Å². The summed E-state index contributed by atoms with van der Waals surface area (Å²) >= 11 is 0. The fourth-order valence-electron chi connectivity index (χ4n) is 2.55. The molecule has 1 rings (SSSR count). The number of hydrogen-bond donors (Lipinski definition) is 2. The van der Waals surface area contributed by atoms with Crippen LogP contribution in [0.5, 0.6) is 0 Å². The van der Waals surface area contributed by atoms with Gasteiger partial charge in [-0.2, -0.15) is 0 Å². The Balaban J connectivity index is 0.00000400. The molecule has 5 nitrogen and oxygen atoms in total. The molecule has 21 heavy (non-hydrogen) atoms. The minimum atomic E-state index is 0. The Labute approximate surface area is 134 Å². The van der Waals surface area contributed by atoms with E-state index >= 15 is 0 Å². The summed E-state index contributed by atoms with van der Waals surface area (Å²) in [5.41, 5.74) is 0. The van der Waals surface area contributed by atoms with E-state index in [0.717, 1.165) is 51.9 Å². The third-order valence-electron chi connectivity index (χ3n) is 3.61. The summed E-state index contributed by atoms with van der Waals surface area (Å²) in [6, 6.07) is 0.279.